The highest BCUT2D eigenvalue weighted by atomic mass is 32.2. The minimum Gasteiger partial charge on any atom is -0.481 e. The lowest BCUT2D eigenvalue weighted by Crippen LogP contribution is -2.47. The molecule has 3 aromatic carbocycles. The molecular weight excluding hydrogens is 545 g/mol. The number of alkyl halides is 3. The Bertz CT molecular complexity index is 1410. The summed E-state index contributed by atoms with van der Waals surface area (Å²) in [7, 11) is -2.56. The van der Waals surface area contributed by atoms with Crippen LogP contribution in [0.5, 0.6) is 0 Å². The number of carboxylic acid groups (broad SMARTS) is 1. The van der Waals surface area contributed by atoms with E-state index in [1.165, 1.54) is 31.3 Å². The summed E-state index contributed by atoms with van der Waals surface area (Å²) in [6.07, 6.45) is -5.16. The molecule has 0 saturated heterocycles. The zero-order valence-corrected chi connectivity index (χ0v) is 23.3. The van der Waals surface area contributed by atoms with Crippen LogP contribution >= 0.6 is 0 Å². The van der Waals surface area contributed by atoms with E-state index >= 15 is 0 Å². The molecule has 3 aromatic rings. The lowest BCUT2D eigenvalue weighted by Gasteiger charge is -2.29. The molecule has 0 saturated carbocycles. The quantitative estimate of drug-likeness (QED) is 0.290. The van der Waals surface area contributed by atoms with Gasteiger partial charge in [-0.25, -0.2) is 8.42 Å². The monoisotopic (exact) mass is 578 g/mol. The highest BCUT2D eigenvalue weighted by Gasteiger charge is 2.30. The molecule has 0 heterocycles. The maximum Gasteiger partial charge on any atom is 0.416 e. The van der Waals surface area contributed by atoms with Gasteiger partial charge in [-0.15, -0.1) is 0 Å². The van der Waals surface area contributed by atoms with Crippen LogP contribution in [0.25, 0.3) is 11.1 Å². The lowest BCUT2D eigenvalue weighted by atomic mass is 9.94. The average Bonchev–Trinajstić information content (AvgIpc) is 2.87. The zero-order chi connectivity index (χ0) is 29.7. The molecule has 0 spiro atoms. The van der Waals surface area contributed by atoms with Crippen molar-refractivity contribution in [3.63, 3.8) is 0 Å². The van der Waals surface area contributed by atoms with Gasteiger partial charge in [-0.2, -0.15) is 17.5 Å². The van der Waals surface area contributed by atoms with E-state index in [2.05, 4.69) is 5.32 Å². The van der Waals surface area contributed by atoms with E-state index < -0.39 is 39.4 Å². The van der Waals surface area contributed by atoms with Crippen molar-refractivity contribution in [2.24, 2.45) is 0 Å². The number of aliphatic hydroxyl groups excluding tert-OH is 1. The predicted molar refractivity (Wildman–Crippen MR) is 146 cm³/mol. The van der Waals surface area contributed by atoms with Crippen LogP contribution in [0.3, 0.4) is 0 Å². The van der Waals surface area contributed by atoms with Crippen molar-refractivity contribution >= 4 is 16.0 Å². The van der Waals surface area contributed by atoms with Gasteiger partial charge in [0.15, 0.2) is 0 Å². The first-order valence-electron chi connectivity index (χ1n) is 12.5. The van der Waals surface area contributed by atoms with Gasteiger partial charge in [0.05, 0.1) is 23.0 Å². The number of carbonyl (C=O) groups is 1. The van der Waals surface area contributed by atoms with E-state index in [1.807, 2.05) is 13.8 Å². The zero-order valence-electron chi connectivity index (χ0n) is 22.4. The first-order chi connectivity index (χ1) is 18.6. The van der Waals surface area contributed by atoms with Gasteiger partial charge in [0.2, 0.25) is 10.0 Å². The molecule has 3 rings (SSSR count). The number of halogens is 3. The van der Waals surface area contributed by atoms with Gasteiger partial charge >= 0.3 is 12.1 Å². The minimum absolute atomic E-state index is 0.0462. The molecule has 3 N–H and O–H groups in total. The molecule has 11 heteroatoms. The number of β-amino-alcohol motifs (C(OH)–C–C–N with tert-alkyl or cyclic N) is 1. The van der Waals surface area contributed by atoms with Crippen LogP contribution in [0.1, 0.15) is 30.5 Å². The fourth-order valence-electron chi connectivity index (χ4n) is 4.24. The molecule has 0 aliphatic rings. The first kappa shape index (κ1) is 31.3. The van der Waals surface area contributed by atoms with E-state index in [0.29, 0.717) is 23.1 Å². The van der Waals surface area contributed by atoms with E-state index in [1.54, 1.807) is 36.4 Å². The molecule has 0 aliphatic carbocycles. The van der Waals surface area contributed by atoms with Crippen molar-refractivity contribution in [1.82, 2.24) is 9.62 Å². The number of likely N-dealkylation sites (N-methyl/N-ethyl adjacent to an activating group) is 1. The van der Waals surface area contributed by atoms with Crippen LogP contribution in [0.4, 0.5) is 13.2 Å². The highest BCUT2D eigenvalue weighted by molar-refractivity contribution is 7.89. The number of rotatable bonds is 12. The number of aliphatic carboxylic acids is 1. The highest BCUT2D eigenvalue weighted by Crippen LogP contribution is 2.29. The molecule has 7 nitrogen and oxygen atoms in total. The Kier molecular flexibility index (Phi) is 9.78. The van der Waals surface area contributed by atoms with E-state index in [0.717, 1.165) is 22.0 Å². The Labute approximate surface area is 232 Å². The topological polar surface area (TPSA) is 107 Å². The van der Waals surface area contributed by atoms with Gasteiger partial charge in [0.1, 0.15) is 0 Å². The molecule has 0 fully saturated rings. The summed E-state index contributed by atoms with van der Waals surface area (Å²) >= 11 is 0. The van der Waals surface area contributed by atoms with Gasteiger partial charge in [-0.05, 0) is 66.8 Å². The van der Waals surface area contributed by atoms with Crippen LogP contribution < -0.4 is 5.32 Å². The van der Waals surface area contributed by atoms with Gasteiger partial charge in [-0.1, -0.05) is 48.5 Å². The third-order valence-corrected chi connectivity index (χ3v) is 8.22. The standard InChI is InChI=1S/C29H33F3N2O5S/c1-28(2,17-21-9-13-24(14-10-21)29(30,31)32)33-18-25(35)19-34(3)40(38,39)26-6-4-5-23(16-26)22-11-7-20(8-12-22)15-27(36)37/h4-14,16,25,33,35H,15,17-19H2,1-3H3,(H,36,37)/t25-/m0/s1. The lowest BCUT2D eigenvalue weighted by molar-refractivity contribution is -0.138. The van der Waals surface area contributed by atoms with E-state index in [4.69, 9.17) is 5.11 Å². The maximum absolute atomic E-state index is 13.2. The fraction of sp³-hybridized carbons (Fsp3) is 0.345. The van der Waals surface area contributed by atoms with Crippen LogP contribution in [-0.4, -0.2) is 60.7 Å². The van der Waals surface area contributed by atoms with Gasteiger partial charge in [0, 0.05) is 25.7 Å². The SMILES string of the molecule is CN(C[C@@H](O)CNC(C)(C)Cc1ccc(C(F)(F)F)cc1)S(=O)(=O)c1cccc(-c2ccc(CC(=O)O)cc2)c1. The smallest absolute Gasteiger partial charge is 0.416 e. The Morgan fingerprint density at radius 1 is 0.950 bits per heavy atom. The van der Waals surface area contributed by atoms with Crippen molar-refractivity contribution in [2.75, 3.05) is 20.1 Å². The van der Waals surface area contributed by atoms with Gasteiger partial charge < -0.3 is 15.5 Å². The molecule has 0 unspecified atom stereocenters. The molecule has 0 aliphatic heterocycles. The summed E-state index contributed by atoms with van der Waals surface area (Å²) in [5.74, 6) is -0.941. The van der Waals surface area contributed by atoms with E-state index in [9.17, 15) is 31.5 Å². The predicted octanol–water partition coefficient (Wildman–Crippen LogP) is 4.59. The molecule has 0 radical (unpaired) electrons. The third-order valence-electron chi connectivity index (χ3n) is 6.40. The van der Waals surface area contributed by atoms with Crippen molar-refractivity contribution in [3.8, 4) is 11.1 Å². The summed E-state index contributed by atoms with van der Waals surface area (Å²) in [4.78, 5) is 10.9. The van der Waals surface area contributed by atoms with Crippen LogP contribution in [-0.2, 0) is 33.8 Å². The number of nitrogens with zero attached hydrogens (tertiary/aromatic N) is 1. The minimum atomic E-state index is -4.40. The number of hydrogen-bond acceptors (Lipinski definition) is 5. The number of nitrogens with one attached hydrogen (secondary N) is 1. The second-order valence-corrected chi connectivity index (χ2v) is 12.4. The molecular formula is C29H33F3N2O5S. The van der Waals surface area contributed by atoms with Gasteiger partial charge in [-0.3, -0.25) is 4.79 Å². The van der Waals surface area contributed by atoms with Crippen molar-refractivity contribution in [2.45, 2.75) is 49.4 Å². The summed E-state index contributed by atoms with van der Waals surface area (Å²) in [5.41, 5.74) is 1.39. The van der Waals surface area contributed by atoms with Crippen molar-refractivity contribution < 1.29 is 36.6 Å². The number of benzene rings is 3. The number of carboxylic acids is 1. The van der Waals surface area contributed by atoms with Gasteiger partial charge in [0.25, 0.3) is 0 Å². The maximum atomic E-state index is 13.2. The Balaban J connectivity index is 1.60. The largest absolute Gasteiger partial charge is 0.481 e. The normalized spacial score (nSPS) is 13.4. The second-order valence-electron chi connectivity index (χ2n) is 10.4. The summed E-state index contributed by atoms with van der Waals surface area (Å²) in [5, 5.41) is 22.7. The average molecular weight is 579 g/mol. The second kappa shape index (κ2) is 12.5. The summed E-state index contributed by atoms with van der Waals surface area (Å²) < 4.78 is 65.9. The van der Waals surface area contributed by atoms with Crippen molar-refractivity contribution in [3.05, 3.63) is 89.5 Å². The molecule has 0 aromatic heterocycles. The first-order valence-corrected chi connectivity index (χ1v) is 14.0. The number of sulfonamides is 1. The molecule has 0 amide bonds. The Morgan fingerprint density at radius 2 is 1.55 bits per heavy atom. The number of hydrogen-bond donors (Lipinski definition) is 3. The molecule has 40 heavy (non-hydrogen) atoms. The molecule has 216 valence electrons. The fourth-order valence-corrected chi connectivity index (χ4v) is 5.50. The summed E-state index contributed by atoms with van der Waals surface area (Å²) in [6.45, 7) is 3.57. The van der Waals surface area contributed by atoms with Crippen LogP contribution in [0.2, 0.25) is 0 Å². The molecule has 0 bridgehead atoms. The molecule has 1 atom stereocenters. The van der Waals surface area contributed by atoms with E-state index in [-0.39, 0.29) is 24.4 Å². The Morgan fingerprint density at radius 3 is 2.12 bits per heavy atom. The third kappa shape index (κ3) is 8.62. The number of aliphatic hydroxyl groups is 1. The van der Waals surface area contributed by atoms with Crippen molar-refractivity contribution in [1.29, 1.82) is 0 Å². The summed E-state index contributed by atoms with van der Waals surface area (Å²) in [6, 6.07) is 18.1. The van der Waals surface area contributed by atoms with Crippen LogP contribution in [0, 0.1) is 0 Å². The van der Waals surface area contributed by atoms with Crippen LogP contribution in [0.15, 0.2) is 77.7 Å². The Hall–Kier alpha value is -3.25.